The lowest BCUT2D eigenvalue weighted by Gasteiger charge is -2.34. The molecule has 1 amide bonds. The molecule has 1 aromatic carbocycles. The molecule has 1 aromatic rings. The number of carbonyl (C=O) groups excluding carboxylic acids is 2. The fourth-order valence-corrected chi connectivity index (χ4v) is 3.63. The number of para-hydroxylation sites is 1. The zero-order chi connectivity index (χ0) is 20.8. The van der Waals surface area contributed by atoms with Crippen molar-refractivity contribution in [1.82, 2.24) is 14.5 Å². The largest absolute Gasteiger partial charge is 0.491 e. The van der Waals surface area contributed by atoms with Crippen molar-refractivity contribution in [2.45, 2.75) is 12.5 Å². The maximum Gasteiger partial charge on any atom is 0.329 e. The van der Waals surface area contributed by atoms with E-state index in [1.54, 1.807) is 24.0 Å². The van der Waals surface area contributed by atoms with Crippen LogP contribution in [0.5, 0.6) is 5.75 Å². The standard InChI is InChI=1S/C18H27N3O6S/c1-18(17(23)26-2,14-27-15-7-5-4-6-8-15)19-13-16(22)20-9-11-21(12-10-20)28(3,24)25/h4-8,19H,9-14H2,1-3H3. The molecule has 1 fully saturated rings. The number of sulfonamides is 1. The molecule has 2 rings (SSSR count). The van der Waals surface area contributed by atoms with Gasteiger partial charge in [0, 0.05) is 26.2 Å². The maximum atomic E-state index is 12.5. The van der Waals surface area contributed by atoms with Gasteiger partial charge in [0.2, 0.25) is 15.9 Å². The third-order valence-electron chi connectivity index (χ3n) is 4.60. The zero-order valence-electron chi connectivity index (χ0n) is 16.4. The van der Waals surface area contributed by atoms with Crippen LogP contribution in [0.1, 0.15) is 6.92 Å². The molecule has 9 nitrogen and oxygen atoms in total. The van der Waals surface area contributed by atoms with Crippen LogP contribution < -0.4 is 10.1 Å². The molecule has 10 heteroatoms. The molecular formula is C18H27N3O6S. The van der Waals surface area contributed by atoms with Gasteiger partial charge in [0.25, 0.3) is 0 Å². The van der Waals surface area contributed by atoms with Crippen LogP contribution in [0, 0.1) is 0 Å². The zero-order valence-corrected chi connectivity index (χ0v) is 17.2. The molecule has 1 atom stereocenters. The van der Waals surface area contributed by atoms with Gasteiger partial charge in [-0.3, -0.25) is 10.1 Å². The molecular weight excluding hydrogens is 386 g/mol. The highest BCUT2D eigenvalue weighted by atomic mass is 32.2. The minimum Gasteiger partial charge on any atom is -0.491 e. The van der Waals surface area contributed by atoms with Crippen molar-refractivity contribution < 1.29 is 27.5 Å². The number of methoxy groups -OCH3 is 1. The molecule has 156 valence electrons. The van der Waals surface area contributed by atoms with Crippen molar-refractivity contribution in [1.29, 1.82) is 0 Å². The van der Waals surface area contributed by atoms with E-state index in [1.807, 2.05) is 18.2 Å². The van der Waals surface area contributed by atoms with Gasteiger partial charge in [-0.15, -0.1) is 0 Å². The van der Waals surface area contributed by atoms with E-state index in [0.717, 1.165) is 6.26 Å². The van der Waals surface area contributed by atoms with Crippen LogP contribution in [0.4, 0.5) is 0 Å². The van der Waals surface area contributed by atoms with Gasteiger partial charge in [-0.25, -0.2) is 13.2 Å². The number of rotatable bonds is 8. The molecule has 0 aliphatic carbocycles. The van der Waals surface area contributed by atoms with E-state index in [2.05, 4.69) is 5.32 Å². The number of hydrogen-bond donors (Lipinski definition) is 1. The lowest BCUT2D eigenvalue weighted by molar-refractivity contribution is -0.149. The first-order valence-corrected chi connectivity index (χ1v) is 10.7. The molecule has 1 unspecified atom stereocenters. The van der Waals surface area contributed by atoms with E-state index in [4.69, 9.17) is 9.47 Å². The van der Waals surface area contributed by atoms with Gasteiger partial charge in [0.05, 0.1) is 19.9 Å². The molecule has 0 saturated carbocycles. The number of hydrogen-bond acceptors (Lipinski definition) is 7. The number of nitrogens with one attached hydrogen (secondary N) is 1. The number of nitrogens with zero attached hydrogens (tertiary/aromatic N) is 2. The second-order valence-electron chi connectivity index (χ2n) is 6.82. The van der Waals surface area contributed by atoms with E-state index in [1.165, 1.54) is 11.4 Å². The van der Waals surface area contributed by atoms with Crippen molar-refractivity contribution >= 4 is 21.9 Å². The monoisotopic (exact) mass is 413 g/mol. The molecule has 1 N–H and O–H groups in total. The maximum absolute atomic E-state index is 12.5. The van der Waals surface area contributed by atoms with E-state index in [9.17, 15) is 18.0 Å². The SMILES string of the molecule is COC(=O)C(C)(COc1ccccc1)NCC(=O)N1CCN(S(C)(=O)=O)CC1. The van der Waals surface area contributed by atoms with Crippen LogP contribution in [-0.4, -0.2) is 87.7 Å². The first kappa shape index (κ1) is 22.1. The normalized spacial score (nSPS) is 17.6. The third kappa shape index (κ3) is 5.91. The number of piperazine rings is 1. The molecule has 0 radical (unpaired) electrons. The fraction of sp³-hybridized carbons (Fsp3) is 0.556. The second kappa shape index (κ2) is 9.35. The summed E-state index contributed by atoms with van der Waals surface area (Å²) in [6, 6.07) is 9.02. The van der Waals surface area contributed by atoms with Crippen molar-refractivity contribution in [3.63, 3.8) is 0 Å². The van der Waals surface area contributed by atoms with E-state index in [0.29, 0.717) is 18.8 Å². The fourth-order valence-electron chi connectivity index (χ4n) is 2.80. The number of ether oxygens (including phenoxy) is 2. The van der Waals surface area contributed by atoms with Crippen molar-refractivity contribution in [2.24, 2.45) is 0 Å². The van der Waals surface area contributed by atoms with Gasteiger partial charge in [-0.1, -0.05) is 18.2 Å². The van der Waals surface area contributed by atoms with E-state index in [-0.39, 0.29) is 32.1 Å². The van der Waals surface area contributed by atoms with E-state index < -0.39 is 21.5 Å². The molecule has 28 heavy (non-hydrogen) atoms. The number of benzene rings is 1. The highest BCUT2D eigenvalue weighted by Crippen LogP contribution is 2.14. The number of esters is 1. The Labute approximate surface area is 165 Å². The summed E-state index contributed by atoms with van der Waals surface area (Å²) >= 11 is 0. The Morgan fingerprint density at radius 1 is 1.14 bits per heavy atom. The summed E-state index contributed by atoms with van der Waals surface area (Å²) in [5.41, 5.74) is -1.21. The topological polar surface area (TPSA) is 105 Å². The summed E-state index contributed by atoms with van der Waals surface area (Å²) in [6.45, 7) is 2.64. The minimum atomic E-state index is -3.26. The van der Waals surface area contributed by atoms with Gasteiger partial charge in [0.1, 0.15) is 17.9 Å². The van der Waals surface area contributed by atoms with Gasteiger partial charge in [-0.2, -0.15) is 4.31 Å². The highest BCUT2D eigenvalue weighted by Gasteiger charge is 2.36. The smallest absolute Gasteiger partial charge is 0.329 e. The van der Waals surface area contributed by atoms with Gasteiger partial charge >= 0.3 is 5.97 Å². The molecule has 0 bridgehead atoms. The predicted molar refractivity (Wildman–Crippen MR) is 103 cm³/mol. The van der Waals surface area contributed by atoms with E-state index >= 15 is 0 Å². The number of carbonyl (C=O) groups is 2. The average molecular weight is 413 g/mol. The molecule has 0 spiro atoms. The Kier molecular flexibility index (Phi) is 7.39. The van der Waals surface area contributed by atoms with Crippen molar-refractivity contribution in [3.8, 4) is 5.75 Å². The first-order valence-electron chi connectivity index (χ1n) is 8.90. The Morgan fingerprint density at radius 2 is 1.75 bits per heavy atom. The molecule has 1 heterocycles. The van der Waals surface area contributed by atoms with Gasteiger partial charge in [0.15, 0.2) is 0 Å². The summed E-state index contributed by atoms with van der Waals surface area (Å²) in [6.07, 6.45) is 1.15. The van der Waals surface area contributed by atoms with Crippen LogP contribution in [0.25, 0.3) is 0 Å². The minimum absolute atomic E-state index is 0.0151. The molecule has 0 aromatic heterocycles. The molecule has 1 aliphatic rings. The van der Waals surface area contributed by atoms with Crippen molar-refractivity contribution in [3.05, 3.63) is 30.3 Å². The second-order valence-corrected chi connectivity index (χ2v) is 8.80. The van der Waals surface area contributed by atoms with Crippen molar-refractivity contribution in [2.75, 3.05) is 52.7 Å². The predicted octanol–water partition coefficient (Wildman–Crippen LogP) is -0.309. The lowest BCUT2D eigenvalue weighted by atomic mass is 10.0. The Bertz CT molecular complexity index is 778. The van der Waals surface area contributed by atoms with Gasteiger partial charge < -0.3 is 14.4 Å². The van der Waals surface area contributed by atoms with Crippen LogP contribution >= 0.6 is 0 Å². The van der Waals surface area contributed by atoms with Crippen LogP contribution in [-0.2, 0) is 24.3 Å². The summed E-state index contributed by atoms with van der Waals surface area (Å²) in [5, 5.41) is 2.93. The Hall–Kier alpha value is -2.17. The molecule has 1 saturated heterocycles. The highest BCUT2D eigenvalue weighted by molar-refractivity contribution is 7.88. The quantitative estimate of drug-likeness (QED) is 0.583. The Balaban J connectivity index is 1.92. The Morgan fingerprint density at radius 3 is 2.29 bits per heavy atom. The van der Waals surface area contributed by atoms with Gasteiger partial charge in [-0.05, 0) is 19.1 Å². The lowest BCUT2D eigenvalue weighted by Crippen LogP contribution is -2.58. The van der Waals surface area contributed by atoms with Crippen LogP contribution in [0.3, 0.4) is 0 Å². The first-order chi connectivity index (χ1) is 13.2. The van der Waals surface area contributed by atoms with Crippen LogP contribution in [0.15, 0.2) is 30.3 Å². The summed E-state index contributed by atoms with van der Waals surface area (Å²) in [4.78, 5) is 26.3. The van der Waals surface area contributed by atoms with Crippen LogP contribution in [0.2, 0.25) is 0 Å². The average Bonchev–Trinajstić information content (AvgIpc) is 2.70. The summed E-state index contributed by atoms with van der Waals surface area (Å²) in [5.74, 6) is -0.163. The summed E-state index contributed by atoms with van der Waals surface area (Å²) < 4.78 is 35.0. The number of amides is 1. The molecule has 1 aliphatic heterocycles. The summed E-state index contributed by atoms with van der Waals surface area (Å²) in [7, 11) is -1.98. The third-order valence-corrected chi connectivity index (χ3v) is 5.90.